The molecule has 12 heavy (non-hydrogen) atoms. The van der Waals surface area contributed by atoms with Crippen LogP contribution in [0.15, 0.2) is 0 Å². The molecular weight excluding hydrogens is 154 g/mol. The standard InChI is InChI=1S/C9H19NO2/c1-7(8(11)12-5)6-10-9(2,3)4/h7,10H,6H2,1-5H3/t7-/m1/s1. The molecule has 0 aliphatic carbocycles. The zero-order valence-corrected chi connectivity index (χ0v) is 8.60. The number of nitrogens with one attached hydrogen (secondary N) is 1. The maximum Gasteiger partial charge on any atom is 0.309 e. The van der Waals surface area contributed by atoms with Crippen LogP contribution in [0.5, 0.6) is 0 Å². The van der Waals surface area contributed by atoms with Gasteiger partial charge < -0.3 is 10.1 Å². The van der Waals surface area contributed by atoms with Crippen LogP contribution in [0.1, 0.15) is 27.7 Å². The summed E-state index contributed by atoms with van der Waals surface area (Å²) in [4.78, 5) is 11.0. The van der Waals surface area contributed by atoms with E-state index < -0.39 is 0 Å². The van der Waals surface area contributed by atoms with Crippen molar-refractivity contribution in [2.24, 2.45) is 5.92 Å². The van der Waals surface area contributed by atoms with Gasteiger partial charge >= 0.3 is 5.97 Å². The van der Waals surface area contributed by atoms with Crippen molar-refractivity contribution in [3.63, 3.8) is 0 Å². The maximum atomic E-state index is 11.0. The number of hydrogen-bond acceptors (Lipinski definition) is 3. The van der Waals surface area contributed by atoms with E-state index in [9.17, 15) is 4.79 Å². The minimum Gasteiger partial charge on any atom is -0.469 e. The molecule has 0 aliphatic heterocycles. The number of carbonyl (C=O) groups is 1. The van der Waals surface area contributed by atoms with Crippen LogP contribution >= 0.6 is 0 Å². The third-order valence-corrected chi connectivity index (χ3v) is 1.54. The van der Waals surface area contributed by atoms with Gasteiger partial charge in [0.2, 0.25) is 0 Å². The zero-order valence-electron chi connectivity index (χ0n) is 8.60. The summed E-state index contributed by atoms with van der Waals surface area (Å²) in [5, 5.41) is 3.24. The normalized spacial score (nSPS) is 14.1. The Balaban J connectivity index is 3.72. The molecular formula is C9H19NO2. The van der Waals surface area contributed by atoms with Gasteiger partial charge in [-0.15, -0.1) is 0 Å². The summed E-state index contributed by atoms with van der Waals surface area (Å²) in [6.07, 6.45) is 0. The molecule has 1 atom stereocenters. The molecule has 0 fully saturated rings. The highest BCUT2D eigenvalue weighted by Crippen LogP contribution is 2.02. The van der Waals surface area contributed by atoms with Gasteiger partial charge in [0.05, 0.1) is 13.0 Å². The van der Waals surface area contributed by atoms with Crippen molar-refractivity contribution in [1.29, 1.82) is 0 Å². The van der Waals surface area contributed by atoms with Crippen LogP contribution in [0.2, 0.25) is 0 Å². The Morgan fingerprint density at radius 1 is 1.50 bits per heavy atom. The van der Waals surface area contributed by atoms with Crippen molar-refractivity contribution in [3.05, 3.63) is 0 Å². The minimum atomic E-state index is -0.160. The molecule has 0 unspecified atom stereocenters. The highest BCUT2D eigenvalue weighted by atomic mass is 16.5. The second-order valence-corrected chi connectivity index (χ2v) is 4.06. The molecule has 0 aromatic heterocycles. The summed E-state index contributed by atoms with van der Waals surface area (Å²) in [6.45, 7) is 8.71. The Morgan fingerprint density at radius 3 is 2.33 bits per heavy atom. The van der Waals surface area contributed by atoms with E-state index in [1.807, 2.05) is 6.92 Å². The van der Waals surface area contributed by atoms with Gasteiger partial charge in [-0.3, -0.25) is 4.79 Å². The van der Waals surface area contributed by atoms with Crippen LogP contribution in [-0.4, -0.2) is 25.2 Å². The van der Waals surface area contributed by atoms with E-state index in [0.29, 0.717) is 6.54 Å². The molecule has 0 bridgehead atoms. The molecule has 3 heteroatoms. The minimum absolute atomic E-state index is 0.0578. The fourth-order valence-electron chi connectivity index (χ4n) is 0.744. The predicted octanol–water partition coefficient (Wildman–Crippen LogP) is 1.18. The van der Waals surface area contributed by atoms with Gasteiger partial charge in [-0.05, 0) is 20.8 Å². The molecule has 0 aliphatic rings. The monoisotopic (exact) mass is 173 g/mol. The highest BCUT2D eigenvalue weighted by Gasteiger charge is 2.16. The quantitative estimate of drug-likeness (QED) is 0.651. The third kappa shape index (κ3) is 5.13. The van der Waals surface area contributed by atoms with Crippen molar-refractivity contribution < 1.29 is 9.53 Å². The van der Waals surface area contributed by atoms with Gasteiger partial charge in [0, 0.05) is 12.1 Å². The molecule has 1 N–H and O–H groups in total. The second-order valence-electron chi connectivity index (χ2n) is 4.06. The van der Waals surface area contributed by atoms with Crippen molar-refractivity contribution in [3.8, 4) is 0 Å². The first kappa shape index (κ1) is 11.4. The van der Waals surface area contributed by atoms with E-state index in [-0.39, 0.29) is 17.4 Å². The maximum absolute atomic E-state index is 11.0. The molecule has 0 aromatic rings. The SMILES string of the molecule is COC(=O)[C@H](C)CNC(C)(C)C. The van der Waals surface area contributed by atoms with Crippen LogP contribution in [0.4, 0.5) is 0 Å². The fraction of sp³-hybridized carbons (Fsp3) is 0.889. The molecule has 0 amide bonds. The first-order valence-corrected chi connectivity index (χ1v) is 4.19. The smallest absolute Gasteiger partial charge is 0.309 e. The first-order valence-electron chi connectivity index (χ1n) is 4.19. The number of carbonyl (C=O) groups excluding carboxylic acids is 1. The summed E-state index contributed by atoms with van der Waals surface area (Å²) in [5.74, 6) is -0.235. The average molecular weight is 173 g/mol. The van der Waals surface area contributed by atoms with E-state index >= 15 is 0 Å². The van der Waals surface area contributed by atoms with E-state index in [4.69, 9.17) is 0 Å². The second kappa shape index (κ2) is 4.45. The van der Waals surface area contributed by atoms with Gasteiger partial charge in [-0.1, -0.05) is 6.92 Å². The lowest BCUT2D eigenvalue weighted by molar-refractivity contribution is -0.144. The van der Waals surface area contributed by atoms with Gasteiger partial charge in [0.25, 0.3) is 0 Å². The Labute approximate surface area is 74.5 Å². The van der Waals surface area contributed by atoms with Gasteiger partial charge in [0.1, 0.15) is 0 Å². The van der Waals surface area contributed by atoms with Gasteiger partial charge in [-0.2, -0.15) is 0 Å². The van der Waals surface area contributed by atoms with Crippen molar-refractivity contribution in [2.75, 3.05) is 13.7 Å². The zero-order chi connectivity index (χ0) is 9.78. The van der Waals surface area contributed by atoms with Crippen LogP contribution in [0.25, 0.3) is 0 Å². The highest BCUT2D eigenvalue weighted by molar-refractivity contribution is 5.72. The predicted molar refractivity (Wildman–Crippen MR) is 48.9 cm³/mol. The summed E-state index contributed by atoms with van der Waals surface area (Å²) < 4.78 is 4.60. The lowest BCUT2D eigenvalue weighted by Gasteiger charge is -2.22. The Morgan fingerprint density at radius 2 is 2.00 bits per heavy atom. The topological polar surface area (TPSA) is 38.3 Å². The van der Waals surface area contributed by atoms with Crippen molar-refractivity contribution >= 4 is 5.97 Å². The summed E-state index contributed by atoms with van der Waals surface area (Å²) in [7, 11) is 1.41. The largest absolute Gasteiger partial charge is 0.469 e. The summed E-state index contributed by atoms with van der Waals surface area (Å²) in [6, 6.07) is 0. The number of esters is 1. The first-order chi connectivity index (χ1) is 5.37. The molecule has 0 saturated heterocycles. The van der Waals surface area contributed by atoms with Crippen molar-refractivity contribution in [2.45, 2.75) is 33.2 Å². The molecule has 0 rings (SSSR count). The summed E-state index contributed by atoms with van der Waals surface area (Å²) in [5.41, 5.74) is 0.0578. The van der Waals surface area contributed by atoms with Crippen LogP contribution in [0, 0.1) is 5.92 Å². The van der Waals surface area contributed by atoms with Crippen molar-refractivity contribution in [1.82, 2.24) is 5.32 Å². The molecule has 0 aromatic carbocycles. The van der Waals surface area contributed by atoms with Crippen LogP contribution < -0.4 is 5.32 Å². The van der Waals surface area contributed by atoms with E-state index in [2.05, 4.69) is 30.8 Å². The third-order valence-electron chi connectivity index (χ3n) is 1.54. The Hall–Kier alpha value is -0.570. The molecule has 0 spiro atoms. The molecule has 72 valence electrons. The number of ether oxygens (including phenoxy) is 1. The lowest BCUT2D eigenvalue weighted by Crippen LogP contribution is -2.40. The fourth-order valence-corrected chi connectivity index (χ4v) is 0.744. The average Bonchev–Trinajstić information content (AvgIpc) is 1.97. The molecule has 0 heterocycles. The van der Waals surface area contributed by atoms with Crippen LogP contribution in [-0.2, 0) is 9.53 Å². The Kier molecular flexibility index (Phi) is 4.24. The number of methoxy groups -OCH3 is 1. The molecule has 0 radical (unpaired) electrons. The lowest BCUT2D eigenvalue weighted by atomic mass is 10.1. The Bertz CT molecular complexity index is 149. The molecule has 3 nitrogen and oxygen atoms in total. The summed E-state index contributed by atoms with van der Waals surface area (Å²) >= 11 is 0. The van der Waals surface area contributed by atoms with Gasteiger partial charge in [-0.25, -0.2) is 0 Å². The van der Waals surface area contributed by atoms with E-state index in [0.717, 1.165) is 0 Å². The van der Waals surface area contributed by atoms with E-state index in [1.165, 1.54) is 7.11 Å². The van der Waals surface area contributed by atoms with Gasteiger partial charge in [0.15, 0.2) is 0 Å². The van der Waals surface area contributed by atoms with E-state index in [1.54, 1.807) is 0 Å². The number of rotatable bonds is 3. The molecule has 0 saturated carbocycles. The van der Waals surface area contributed by atoms with Crippen LogP contribution in [0.3, 0.4) is 0 Å². The number of hydrogen-bond donors (Lipinski definition) is 1.